The van der Waals surface area contributed by atoms with E-state index in [1.165, 1.54) is 39.7 Å². The van der Waals surface area contributed by atoms with Gasteiger partial charge in [-0.2, -0.15) is 0 Å². The second kappa shape index (κ2) is 9.94. The topological polar surface area (TPSA) is 0 Å². The first-order chi connectivity index (χ1) is 17.6. The fourth-order valence-corrected chi connectivity index (χ4v) is 8.03. The number of hydrogen-bond acceptors (Lipinski definition) is 4. The Morgan fingerprint density at radius 3 is 1.25 bits per heavy atom. The molecule has 0 aliphatic heterocycles. The molecule has 0 aliphatic carbocycles. The number of fused-ring (bicyclic) bond motifs is 2. The fraction of sp³-hybridized carbons (Fsp3) is 0.0625. The number of aryl methyl sites for hydroxylation is 2. The highest BCUT2D eigenvalue weighted by Gasteiger charge is 2.06. The molecule has 0 saturated heterocycles. The van der Waals surface area contributed by atoms with Gasteiger partial charge in [-0.1, -0.05) is 59.1 Å². The quantitative estimate of drug-likeness (QED) is 0.195. The molecular weight excluding hydrogens is 513 g/mol. The Labute approximate surface area is 227 Å². The van der Waals surface area contributed by atoms with Crippen LogP contribution >= 0.6 is 45.3 Å². The number of benzene rings is 2. The van der Waals surface area contributed by atoms with Gasteiger partial charge in [-0.05, 0) is 74.5 Å². The normalized spacial score (nSPS) is 11.1. The number of hydrogen-bond donors (Lipinski definition) is 0. The lowest BCUT2D eigenvalue weighted by atomic mass is 10.1. The molecular formula is C32H20S4. The van der Waals surface area contributed by atoms with E-state index >= 15 is 0 Å². The smallest absolute Gasteiger partial charge is 0.0793 e. The molecule has 0 saturated carbocycles. The van der Waals surface area contributed by atoms with Gasteiger partial charge in [0.25, 0.3) is 0 Å². The molecule has 4 heteroatoms. The molecule has 4 heterocycles. The molecule has 0 unspecified atom stereocenters. The lowest BCUT2D eigenvalue weighted by Gasteiger charge is -1.90. The minimum atomic E-state index is 1.06. The minimum Gasteiger partial charge on any atom is -0.135 e. The first kappa shape index (κ1) is 23.0. The molecule has 0 fully saturated rings. The Kier molecular flexibility index (Phi) is 6.36. The van der Waals surface area contributed by atoms with Gasteiger partial charge in [-0.3, -0.25) is 0 Å². The van der Waals surface area contributed by atoms with Crippen molar-refractivity contribution < 1.29 is 0 Å². The zero-order chi connectivity index (χ0) is 24.5. The van der Waals surface area contributed by atoms with Crippen molar-refractivity contribution in [2.45, 2.75) is 13.8 Å². The predicted molar refractivity (Wildman–Crippen MR) is 163 cm³/mol. The van der Waals surface area contributed by atoms with Crippen molar-refractivity contribution in [3.63, 3.8) is 0 Å². The molecule has 0 N–H and O–H groups in total. The highest BCUT2D eigenvalue weighted by molar-refractivity contribution is 7.29. The maximum Gasteiger partial charge on any atom is 0.0793 e. The van der Waals surface area contributed by atoms with E-state index in [2.05, 4.69) is 122 Å². The van der Waals surface area contributed by atoms with E-state index in [1.54, 1.807) is 22.7 Å². The average molecular weight is 533 g/mol. The second-order valence-electron chi connectivity index (χ2n) is 8.54. The van der Waals surface area contributed by atoms with Crippen molar-refractivity contribution in [2.75, 3.05) is 0 Å². The fourth-order valence-electron chi connectivity index (χ4n) is 3.70. The van der Waals surface area contributed by atoms with Crippen molar-refractivity contribution in [2.24, 2.45) is 0 Å². The van der Waals surface area contributed by atoms with E-state index in [1.807, 2.05) is 22.7 Å². The van der Waals surface area contributed by atoms with Crippen LogP contribution in [0.3, 0.4) is 0 Å². The molecule has 0 bridgehead atoms. The second-order valence-corrected chi connectivity index (χ2v) is 12.9. The first-order valence-electron chi connectivity index (χ1n) is 11.5. The summed E-state index contributed by atoms with van der Waals surface area (Å²) in [6, 6.07) is 25.7. The largest absolute Gasteiger partial charge is 0.135 e. The summed E-state index contributed by atoms with van der Waals surface area (Å²) < 4.78 is 5.21. The zero-order valence-corrected chi connectivity index (χ0v) is 23.0. The molecule has 2 aromatic carbocycles. The van der Waals surface area contributed by atoms with Gasteiger partial charge in [-0.15, -0.1) is 45.3 Å². The minimum absolute atomic E-state index is 1.06. The van der Waals surface area contributed by atoms with Gasteiger partial charge in [-0.25, -0.2) is 0 Å². The standard InChI is InChI=1S/C32H20S4/c1-21-3-7-23(8-4-21)11-13-25-17-29-31(33-25)19-27(35-29)15-16-28-20-32-30(36-28)18-26(34-32)14-12-24-9-5-22(2)6-10-24/h3-10,15-20H,1-2H3/b16-15+. The third-order valence-electron chi connectivity index (χ3n) is 5.63. The SMILES string of the molecule is Cc1ccc(C#Cc2cc3sc(/C=C/c4cc5sc(C#Cc6ccc(C)cc6)cc5s4)cc3s2)cc1. The van der Waals surface area contributed by atoms with E-state index in [4.69, 9.17) is 0 Å². The van der Waals surface area contributed by atoms with Crippen molar-refractivity contribution in [1.82, 2.24) is 0 Å². The molecule has 0 radical (unpaired) electrons. The third kappa shape index (κ3) is 5.24. The summed E-state index contributed by atoms with van der Waals surface area (Å²) in [7, 11) is 0. The van der Waals surface area contributed by atoms with Gasteiger partial charge >= 0.3 is 0 Å². The van der Waals surface area contributed by atoms with Crippen LogP contribution in [0.4, 0.5) is 0 Å². The third-order valence-corrected chi connectivity index (χ3v) is 9.98. The lowest BCUT2D eigenvalue weighted by Crippen LogP contribution is -1.74. The van der Waals surface area contributed by atoms with Gasteiger partial charge in [0.05, 0.1) is 9.75 Å². The summed E-state index contributed by atoms with van der Waals surface area (Å²) in [5, 5.41) is 0. The Bertz CT molecular complexity index is 1640. The van der Waals surface area contributed by atoms with Gasteiger partial charge in [0.2, 0.25) is 0 Å². The maximum absolute atomic E-state index is 3.32. The molecule has 172 valence electrons. The molecule has 36 heavy (non-hydrogen) atoms. The van der Waals surface area contributed by atoms with Gasteiger partial charge in [0.15, 0.2) is 0 Å². The van der Waals surface area contributed by atoms with Crippen LogP contribution in [0.5, 0.6) is 0 Å². The summed E-state index contributed by atoms with van der Waals surface area (Å²) in [4.78, 5) is 4.78. The highest BCUT2D eigenvalue weighted by atomic mass is 32.1. The van der Waals surface area contributed by atoms with Crippen molar-refractivity contribution in [3.8, 4) is 23.7 Å². The molecule has 0 amide bonds. The Hall–Kier alpha value is -3.38. The maximum atomic E-state index is 3.32. The van der Waals surface area contributed by atoms with Crippen LogP contribution in [0.2, 0.25) is 0 Å². The summed E-state index contributed by atoms with van der Waals surface area (Å²) in [6.45, 7) is 4.19. The van der Waals surface area contributed by atoms with E-state index in [0.29, 0.717) is 0 Å². The molecule has 0 atom stereocenters. The zero-order valence-electron chi connectivity index (χ0n) is 19.7. The van der Waals surface area contributed by atoms with Crippen LogP contribution in [0, 0.1) is 37.5 Å². The Balaban J connectivity index is 1.15. The van der Waals surface area contributed by atoms with E-state index in [9.17, 15) is 0 Å². The van der Waals surface area contributed by atoms with Crippen LogP contribution in [0.25, 0.3) is 31.0 Å². The van der Waals surface area contributed by atoms with Crippen molar-refractivity contribution in [1.29, 1.82) is 0 Å². The Morgan fingerprint density at radius 1 is 0.472 bits per heavy atom. The summed E-state index contributed by atoms with van der Waals surface area (Å²) in [5.74, 6) is 13.2. The van der Waals surface area contributed by atoms with Crippen LogP contribution in [0.1, 0.15) is 41.8 Å². The molecule has 6 aromatic rings. The number of rotatable bonds is 2. The molecule has 6 rings (SSSR count). The average Bonchev–Trinajstić information content (AvgIpc) is 3.61. The van der Waals surface area contributed by atoms with Gasteiger partial charge in [0, 0.05) is 39.7 Å². The molecule has 0 spiro atoms. The van der Waals surface area contributed by atoms with E-state index < -0.39 is 0 Å². The summed E-state index contributed by atoms with van der Waals surface area (Å²) in [5.41, 5.74) is 4.63. The first-order valence-corrected chi connectivity index (χ1v) is 14.8. The van der Waals surface area contributed by atoms with Crippen LogP contribution < -0.4 is 0 Å². The molecule has 0 aliphatic rings. The number of thiophene rings is 4. The predicted octanol–water partition coefficient (Wildman–Crippen LogP) is 9.83. The summed E-state index contributed by atoms with van der Waals surface area (Å²) >= 11 is 7.18. The van der Waals surface area contributed by atoms with Crippen molar-refractivity contribution >= 4 is 76.3 Å². The van der Waals surface area contributed by atoms with Gasteiger partial charge in [0.1, 0.15) is 0 Å². The van der Waals surface area contributed by atoms with Gasteiger partial charge < -0.3 is 0 Å². The highest BCUT2D eigenvalue weighted by Crippen LogP contribution is 2.36. The molecule has 0 nitrogen and oxygen atoms in total. The van der Waals surface area contributed by atoms with Crippen molar-refractivity contribution in [3.05, 3.63) is 115 Å². The van der Waals surface area contributed by atoms with E-state index in [-0.39, 0.29) is 0 Å². The van der Waals surface area contributed by atoms with Crippen LogP contribution in [-0.2, 0) is 0 Å². The van der Waals surface area contributed by atoms with Crippen LogP contribution in [-0.4, -0.2) is 0 Å². The van der Waals surface area contributed by atoms with Crippen LogP contribution in [0.15, 0.2) is 72.8 Å². The Morgan fingerprint density at radius 2 is 0.861 bits per heavy atom. The lowest BCUT2D eigenvalue weighted by molar-refractivity contribution is 1.46. The monoisotopic (exact) mass is 532 g/mol. The molecule has 4 aromatic heterocycles. The summed E-state index contributed by atoms with van der Waals surface area (Å²) in [6.07, 6.45) is 4.45. The van der Waals surface area contributed by atoms with E-state index in [0.717, 1.165) is 20.9 Å².